The van der Waals surface area contributed by atoms with Gasteiger partial charge in [-0.1, -0.05) is 6.92 Å². The van der Waals surface area contributed by atoms with Gasteiger partial charge in [-0.15, -0.1) is 0 Å². The molecule has 1 aliphatic carbocycles. The van der Waals surface area contributed by atoms with Gasteiger partial charge in [0.15, 0.2) is 5.76 Å². The Kier molecular flexibility index (Phi) is 3.86. The summed E-state index contributed by atoms with van der Waals surface area (Å²) in [6.07, 6.45) is 3.48. The Morgan fingerprint density at radius 2 is 2.08 bits per heavy atom. The Bertz CT molecular complexity index is 757. The smallest absolute Gasteiger partial charge is 0.289 e. The van der Waals surface area contributed by atoms with Crippen LogP contribution < -0.4 is 10.6 Å². The molecule has 7 heteroatoms. The maximum absolute atomic E-state index is 12.4. The van der Waals surface area contributed by atoms with Gasteiger partial charge in [-0.3, -0.25) is 14.4 Å². The first-order valence-electron chi connectivity index (χ1n) is 9.32. The molecule has 7 nitrogen and oxygen atoms in total. The van der Waals surface area contributed by atoms with Gasteiger partial charge in [-0.25, -0.2) is 0 Å². The number of furan rings is 1. The van der Waals surface area contributed by atoms with Crippen molar-refractivity contribution in [1.29, 1.82) is 0 Å². The highest BCUT2D eigenvalue weighted by Gasteiger charge is 2.55. The zero-order chi connectivity index (χ0) is 18.5. The lowest BCUT2D eigenvalue weighted by Crippen LogP contribution is -2.68. The van der Waals surface area contributed by atoms with Gasteiger partial charge in [0.05, 0.1) is 0 Å². The number of nitrogens with zero attached hydrogens (tertiary/aromatic N) is 1. The van der Waals surface area contributed by atoms with E-state index < -0.39 is 5.54 Å². The van der Waals surface area contributed by atoms with Crippen molar-refractivity contribution in [3.63, 3.8) is 0 Å². The third-order valence-corrected chi connectivity index (χ3v) is 6.02. The summed E-state index contributed by atoms with van der Waals surface area (Å²) in [5, 5.41) is 5.82. The first-order chi connectivity index (χ1) is 12.3. The number of rotatable bonds is 4. The molecule has 2 N–H and O–H groups in total. The van der Waals surface area contributed by atoms with Gasteiger partial charge in [-0.05, 0) is 38.3 Å². The summed E-state index contributed by atoms with van der Waals surface area (Å²) in [5.41, 5.74) is -0.647. The van der Waals surface area contributed by atoms with Crippen LogP contribution in [0.1, 0.15) is 55.8 Å². The quantitative estimate of drug-likeness (QED) is 0.846. The molecule has 3 aliphatic rings. The highest BCUT2D eigenvalue weighted by molar-refractivity contribution is 5.94. The summed E-state index contributed by atoms with van der Waals surface area (Å²) in [6, 6.07) is 3.72. The molecule has 3 heterocycles. The molecule has 1 aromatic heterocycles. The van der Waals surface area contributed by atoms with E-state index in [-0.39, 0.29) is 29.2 Å². The Hall–Kier alpha value is -2.31. The number of hydrogen-bond acceptors (Lipinski definition) is 4. The Morgan fingerprint density at radius 1 is 1.35 bits per heavy atom. The van der Waals surface area contributed by atoms with Crippen LogP contribution in [0.3, 0.4) is 0 Å². The third-order valence-electron chi connectivity index (χ3n) is 6.02. The molecule has 140 valence electrons. The fourth-order valence-electron chi connectivity index (χ4n) is 4.40. The first kappa shape index (κ1) is 17.1. The fourth-order valence-corrected chi connectivity index (χ4v) is 4.40. The number of nitrogens with one attached hydrogen (secondary N) is 2. The Morgan fingerprint density at radius 3 is 2.65 bits per heavy atom. The lowest BCUT2D eigenvalue weighted by atomic mass is 9.60. The molecule has 1 saturated carbocycles. The molecule has 1 aromatic rings. The van der Waals surface area contributed by atoms with Crippen LogP contribution in [0.4, 0.5) is 0 Å². The summed E-state index contributed by atoms with van der Waals surface area (Å²) in [7, 11) is 0. The van der Waals surface area contributed by atoms with Crippen LogP contribution in [-0.4, -0.2) is 47.3 Å². The molecule has 1 atom stereocenters. The van der Waals surface area contributed by atoms with Crippen LogP contribution in [0.5, 0.6) is 0 Å². The van der Waals surface area contributed by atoms with Crippen molar-refractivity contribution < 1.29 is 18.8 Å². The molecule has 0 unspecified atom stereocenters. The van der Waals surface area contributed by atoms with E-state index in [0.717, 1.165) is 25.0 Å². The first-order valence-corrected chi connectivity index (χ1v) is 9.32. The van der Waals surface area contributed by atoms with Gasteiger partial charge in [0.2, 0.25) is 11.8 Å². The minimum Gasteiger partial charge on any atom is -0.456 e. The van der Waals surface area contributed by atoms with E-state index >= 15 is 0 Å². The van der Waals surface area contributed by atoms with Crippen LogP contribution in [0.2, 0.25) is 0 Å². The van der Waals surface area contributed by atoms with Crippen LogP contribution >= 0.6 is 0 Å². The highest BCUT2D eigenvalue weighted by atomic mass is 16.4. The maximum Gasteiger partial charge on any atom is 0.289 e. The molecule has 3 fully saturated rings. The zero-order valence-corrected chi connectivity index (χ0v) is 15.3. The minimum atomic E-state index is -0.780. The summed E-state index contributed by atoms with van der Waals surface area (Å²) >= 11 is 0. The molecular formula is C19H25N3O4. The van der Waals surface area contributed by atoms with E-state index in [9.17, 15) is 14.4 Å². The summed E-state index contributed by atoms with van der Waals surface area (Å²) in [5.74, 6) is 1.01. The van der Waals surface area contributed by atoms with Crippen molar-refractivity contribution in [2.45, 2.75) is 57.5 Å². The second kappa shape index (κ2) is 5.86. The highest BCUT2D eigenvalue weighted by Crippen LogP contribution is 2.48. The van der Waals surface area contributed by atoms with Gasteiger partial charge in [0, 0.05) is 37.4 Å². The van der Waals surface area contributed by atoms with E-state index in [4.69, 9.17) is 4.42 Å². The Labute approximate surface area is 152 Å². The molecule has 2 aliphatic heterocycles. The van der Waals surface area contributed by atoms with E-state index in [2.05, 4.69) is 10.6 Å². The van der Waals surface area contributed by atoms with Crippen molar-refractivity contribution in [3.05, 3.63) is 23.7 Å². The molecule has 0 aromatic carbocycles. The number of carbonyl (C=O) groups is 3. The Balaban J connectivity index is 1.25. The average Bonchev–Trinajstić information content (AvgIpc) is 3.14. The van der Waals surface area contributed by atoms with Gasteiger partial charge >= 0.3 is 0 Å². The van der Waals surface area contributed by atoms with Gasteiger partial charge in [-0.2, -0.15) is 0 Å². The molecule has 0 radical (unpaired) electrons. The third kappa shape index (κ3) is 2.79. The van der Waals surface area contributed by atoms with E-state index in [0.29, 0.717) is 31.7 Å². The number of amides is 3. The topological polar surface area (TPSA) is 91.7 Å². The van der Waals surface area contributed by atoms with E-state index in [1.54, 1.807) is 13.0 Å². The molecule has 3 amide bonds. The van der Waals surface area contributed by atoms with Crippen molar-refractivity contribution in [3.8, 4) is 0 Å². The predicted molar refractivity (Wildman–Crippen MR) is 93.4 cm³/mol. The second-order valence-corrected chi connectivity index (χ2v) is 8.24. The van der Waals surface area contributed by atoms with Gasteiger partial charge in [0.1, 0.15) is 11.3 Å². The summed E-state index contributed by atoms with van der Waals surface area (Å²) in [4.78, 5) is 38.0. The second-order valence-electron chi connectivity index (χ2n) is 8.24. The van der Waals surface area contributed by atoms with Crippen molar-refractivity contribution in [2.75, 3.05) is 13.1 Å². The fraction of sp³-hybridized carbons (Fsp3) is 0.632. The summed E-state index contributed by atoms with van der Waals surface area (Å²) < 4.78 is 5.54. The molecule has 4 rings (SSSR count). The minimum absolute atomic E-state index is 0.0519. The monoisotopic (exact) mass is 359 g/mol. The van der Waals surface area contributed by atoms with E-state index in [1.165, 1.54) is 0 Å². The van der Waals surface area contributed by atoms with Crippen LogP contribution in [-0.2, 0) is 16.0 Å². The van der Waals surface area contributed by atoms with Crippen molar-refractivity contribution >= 4 is 17.7 Å². The van der Waals surface area contributed by atoms with Crippen LogP contribution in [0, 0.1) is 5.41 Å². The maximum atomic E-state index is 12.4. The molecule has 2 saturated heterocycles. The molecule has 1 spiro atoms. The number of hydrogen-bond donors (Lipinski definition) is 2. The largest absolute Gasteiger partial charge is 0.456 e. The molecular weight excluding hydrogens is 334 g/mol. The van der Waals surface area contributed by atoms with Crippen molar-refractivity contribution in [2.24, 2.45) is 5.41 Å². The average molecular weight is 359 g/mol. The lowest BCUT2D eigenvalue weighted by Gasteiger charge is -2.59. The molecule has 26 heavy (non-hydrogen) atoms. The molecule has 0 bridgehead atoms. The number of aryl methyl sites for hydroxylation is 1. The van der Waals surface area contributed by atoms with Gasteiger partial charge < -0.3 is 20.0 Å². The van der Waals surface area contributed by atoms with E-state index in [1.807, 2.05) is 17.9 Å². The number of carbonyl (C=O) groups excluding carboxylic acids is 3. The normalized spacial score (nSPS) is 27.0. The standard InChI is InChI=1S/C19H25N3O4/c1-3-13-4-5-14(26-13)16(24)22-10-19(11-22)8-12(9-19)20-17(25)18(2)7-6-15(23)21-18/h4-5,12H,3,6-11H2,1-2H3,(H,20,25)(H,21,23)/t18-/m0/s1. The predicted octanol–water partition coefficient (Wildman–Crippen LogP) is 1.23. The van der Waals surface area contributed by atoms with Crippen molar-refractivity contribution in [1.82, 2.24) is 15.5 Å². The SMILES string of the molecule is CCc1ccc(C(=O)N2CC3(CC(NC(=O)[C@]4(C)CCC(=O)N4)C3)C2)o1. The lowest BCUT2D eigenvalue weighted by molar-refractivity contribution is -0.133. The van der Waals surface area contributed by atoms with Gasteiger partial charge in [0.25, 0.3) is 5.91 Å². The summed E-state index contributed by atoms with van der Waals surface area (Å²) in [6.45, 7) is 5.20. The zero-order valence-electron chi connectivity index (χ0n) is 15.3. The van der Waals surface area contributed by atoms with Crippen LogP contribution in [0.15, 0.2) is 16.5 Å². The number of likely N-dealkylation sites (tertiary alicyclic amines) is 1. The van der Waals surface area contributed by atoms with Crippen LogP contribution in [0.25, 0.3) is 0 Å².